The summed E-state index contributed by atoms with van der Waals surface area (Å²) in [4.78, 5) is 20.4. The molecule has 0 aliphatic carbocycles. The van der Waals surface area contributed by atoms with E-state index in [4.69, 9.17) is 11.6 Å². The molecule has 20 heavy (non-hydrogen) atoms. The molecule has 112 valence electrons. The maximum Gasteiger partial charge on any atom is 0.271 e. The molecule has 0 saturated carbocycles. The van der Waals surface area contributed by atoms with Crippen LogP contribution in [0.3, 0.4) is 0 Å². The van der Waals surface area contributed by atoms with Gasteiger partial charge < -0.3 is 10.4 Å². The Bertz CT molecular complexity index is 473. The van der Waals surface area contributed by atoms with Crippen molar-refractivity contribution >= 4 is 17.5 Å². The molecule has 0 bridgehead atoms. The number of amides is 1. The highest BCUT2D eigenvalue weighted by Crippen LogP contribution is 2.17. The summed E-state index contributed by atoms with van der Waals surface area (Å²) in [6.45, 7) is 7.82. The molecule has 5 nitrogen and oxygen atoms in total. The summed E-state index contributed by atoms with van der Waals surface area (Å²) < 4.78 is 0. The summed E-state index contributed by atoms with van der Waals surface area (Å²) in [6, 6.07) is 0. The van der Waals surface area contributed by atoms with Gasteiger partial charge in [0, 0.05) is 12.5 Å². The van der Waals surface area contributed by atoms with Gasteiger partial charge in [-0.2, -0.15) is 0 Å². The molecule has 0 aromatic carbocycles. The Hall–Kier alpha value is -1.20. The number of hydrogen-bond acceptors (Lipinski definition) is 4. The molecule has 0 atom stereocenters. The highest BCUT2D eigenvalue weighted by atomic mass is 35.5. The molecule has 0 aliphatic heterocycles. The zero-order valence-electron chi connectivity index (χ0n) is 12.4. The molecule has 1 heterocycles. The quantitative estimate of drug-likeness (QED) is 0.846. The predicted octanol–water partition coefficient (Wildman–Crippen LogP) is 2.53. The average molecular weight is 300 g/mol. The molecule has 1 aromatic heterocycles. The molecule has 1 rings (SSSR count). The van der Waals surface area contributed by atoms with Crippen LogP contribution >= 0.6 is 11.6 Å². The van der Waals surface area contributed by atoms with Crippen molar-refractivity contribution in [2.45, 2.75) is 52.1 Å². The van der Waals surface area contributed by atoms with Crippen molar-refractivity contribution in [3.8, 4) is 0 Å². The highest BCUT2D eigenvalue weighted by Gasteiger charge is 2.24. The Balaban J connectivity index is 2.85. The second-order valence-electron chi connectivity index (χ2n) is 5.19. The van der Waals surface area contributed by atoms with Gasteiger partial charge in [0.05, 0.1) is 16.8 Å². The van der Waals surface area contributed by atoms with Crippen LogP contribution in [0.15, 0.2) is 6.20 Å². The molecule has 0 saturated heterocycles. The summed E-state index contributed by atoms with van der Waals surface area (Å²) >= 11 is 5.97. The van der Waals surface area contributed by atoms with E-state index < -0.39 is 5.60 Å². The zero-order valence-corrected chi connectivity index (χ0v) is 13.2. The van der Waals surface area contributed by atoms with E-state index >= 15 is 0 Å². The first-order valence-electron chi connectivity index (χ1n) is 6.86. The first kappa shape index (κ1) is 16.9. The fourth-order valence-corrected chi connectivity index (χ4v) is 1.82. The summed E-state index contributed by atoms with van der Waals surface area (Å²) in [5, 5.41) is 13.1. The van der Waals surface area contributed by atoms with Crippen LogP contribution in [0.1, 0.15) is 62.8 Å². The van der Waals surface area contributed by atoms with E-state index in [-0.39, 0.29) is 29.1 Å². The molecule has 1 aromatic rings. The van der Waals surface area contributed by atoms with E-state index in [2.05, 4.69) is 15.3 Å². The Morgan fingerprint density at radius 1 is 1.45 bits per heavy atom. The van der Waals surface area contributed by atoms with Gasteiger partial charge in [-0.3, -0.25) is 4.79 Å². The molecule has 2 N–H and O–H groups in total. The van der Waals surface area contributed by atoms with Gasteiger partial charge in [0.2, 0.25) is 0 Å². The van der Waals surface area contributed by atoms with Crippen LogP contribution in [0.2, 0.25) is 5.02 Å². The van der Waals surface area contributed by atoms with Gasteiger partial charge in [0.15, 0.2) is 0 Å². The molecule has 0 radical (unpaired) electrons. The second kappa shape index (κ2) is 6.99. The van der Waals surface area contributed by atoms with Gasteiger partial charge in [0.25, 0.3) is 5.91 Å². The summed E-state index contributed by atoms with van der Waals surface area (Å²) in [6.07, 6.45) is 2.57. The Kier molecular flexibility index (Phi) is 5.89. The van der Waals surface area contributed by atoms with Crippen LogP contribution in [-0.2, 0) is 0 Å². The third kappa shape index (κ3) is 4.15. The number of carbonyl (C=O) groups is 1. The van der Waals surface area contributed by atoms with E-state index in [0.717, 1.165) is 0 Å². The molecule has 0 fully saturated rings. The lowest BCUT2D eigenvalue weighted by Crippen LogP contribution is -2.42. The summed E-state index contributed by atoms with van der Waals surface area (Å²) in [7, 11) is 0. The molecule has 6 heteroatoms. The number of nitrogens with zero attached hydrogens (tertiary/aromatic N) is 2. The topological polar surface area (TPSA) is 75.1 Å². The minimum Gasteiger partial charge on any atom is -0.388 e. The standard InChI is InChI=1S/C14H22ClN3O2/c1-5-14(20,6-2)8-17-13(19)11-10(15)7-16-12(18-11)9(3)4/h7,9,20H,5-6,8H2,1-4H3,(H,17,19). The van der Waals surface area contributed by atoms with Crippen LogP contribution in [0.5, 0.6) is 0 Å². The largest absolute Gasteiger partial charge is 0.388 e. The molecule has 0 spiro atoms. The second-order valence-corrected chi connectivity index (χ2v) is 5.60. The lowest BCUT2D eigenvalue weighted by Gasteiger charge is -2.25. The number of aromatic nitrogens is 2. The van der Waals surface area contributed by atoms with E-state index in [0.29, 0.717) is 18.7 Å². The van der Waals surface area contributed by atoms with Crippen LogP contribution in [-0.4, -0.2) is 33.1 Å². The molecule has 0 aliphatic rings. The number of aliphatic hydroxyl groups is 1. The van der Waals surface area contributed by atoms with Gasteiger partial charge in [-0.1, -0.05) is 39.3 Å². The zero-order chi connectivity index (χ0) is 15.3. The fraction of sp³-hybridized carbons (Fsp3) is 0.643. The minimum atomic E-state index is -0.893. The van der Waals surface area contributed by atoms with Crippen LogP contribution in [0.4, 0.5) is 0 Å². The SMILES string of the molecule is CCC(O)(CC)CNC(=O)c1nc(C(C)C)ncc1Cl. The van der Waals surface area contributed by atoms with E-state index in [1.165, 1.54) is 6.20 Å². The van der Waals surface area contributed by atoms with Crippen molar-refractivity contribution in [2.75, 3.05) is 6.54 Å². The normalized spacial score (nSPS) is 11.8. The number of nitrogens with one attached hydrogen (secondary N) is 1. The van der Waals surface area contributed by atoms with Crippen molar-refractivity contribution in [1.29, 1.82) is 0 Å². The fourth-order valence-electron chi connectivity index (χ4n) is 1.65. The Morgan fingerprint density at radius 3 is 2.55 bits per heavy atom. The van der Waals surface area contributed by atoms with Crippen molar-refractivity contribution in [3.05, 3.63) is 22.7 Å². The number of rotatable bonds is 6. The first-order valence-corrected chi connectivity index (χ1v) is 7.23. The first-order chi connectivity index (χ1) is 9.33. The highest BCUT2D eigenvalue weighted by molar-refractivity contribution is 6.33. The van der Waals surface area contributed by atoms with Crippen molar-refractivity contribution in [3.63, 3.8) is 0 Å². The smallest absolute Gasteiger partial charge is 0.271 e. The van der Waals surface area contributed by atoms with E-state index in [1.807, 2.05) is 27.7 Å². The van der Waals surface area contributed by atoms with Crippen molar-refractivity contribution < 1.29 is 9.90 Å². The Morgan fingerprint density at radius 2 is 2.05 bits per heavy atom. The van der Waals surface area contributed by atoms with Gasteiger partial charge in [0.1, 0.15) is 11.5 Å². The lowest BCUT2D eigenvalue weighted by molar-refractivity contribution is 0.0313. The Labute approximate surface area is 124 Å². The van der Waals surface area contributed by atoms with E-state index in [1.54, 1.807) is 0 Å². The maximum atomic E-state index is 12.1. The monoisotopic (exact) mass is 299 g/mol. The maximum absolute atomic E-state index is 12.1. The van der Waals surface area contributed by atoms with E-state index in [9.17, 15) is 9.90 Å². The van der Waals surface area contributed by atoms with Crippen LogP contribution < -0.4 is 5.32 Å². The third-order valence-electron chi connectivity index (χ3n) is 3.39. The predicted molar refractivity (Wildman–Crippen MR) is 79.0 cm³/mol. The number of halogens is 1. The molecule has 0 unspecified atom stereocenters. The number of carbonyl (C=O) groups excluding carboxylic acids is 1. The van der Waals surface area contributed by atoms with Crippen molar-refractivity contribution in [2.24, 2.45) is 0 Å². The minimum absolute atomic E-state index is 0.113. The summed E-state index contributed by atoms with van der Waals surface area (Å²) in [5.74, 6) is 0.294. The van der Waals surface area contributed by atoms with Crippen molar-refractivity contribution in [1.82, 2.24) is 15.3 Å². The third-order valence-corrected chi connectivity index (χ3v) is 3.67. The van der Waals surface area contributed by atoms with Gasteiger partial charge in [-0.15, -0.1) is 0 Å². The summed E-state index contributed by atoms with van der Waals surface area (Å²) in [5.41, 5.74) is -0.740. The van der Waals surface area contributed by atoms with Crippen LogP contribution in [0.25, 0.3) is 0 Å². The number of hydrogen-bond donors (Lipinski definition) is 2. The van der Waals surface area contributed by atoms with Gasteiger partial charge in [-0.25, -0.2) is 9.97 Å². The average Bonchev–Trinajstić information content (AvgIpc) is 2.44. The lowest BCUT2D eigenvalue weighted by atomic mass is 9.97. The van der Waals surface area contributed by atoms with Crippen LogP contribution in [0, 0.1) is 0 Å². The van der Waals surface area contributed by atoms with Gasteiger partial charge in [-0.05, 0) is 12.8 Å². The van der Waals surface area contributed by atoms with Gasteiger partial charge >= 0.3 is 0 Å². The molecular formula is C14H22ClN3O2. The molecular weight excluding hydrogens is 278 g/mol. The molecule has 1 amide bonds.